The molecular formula is C16H23NO6S. The van der Waals surface area contributed by atoms with E-state index in [0.29, 0.717) is 19.3 Å². The van der Waals surface area contributed by atoms with Gasteiger partial charge in [-0.2, -0.15) is 0 Å². The highest BCUT2D eigenvalue weighted by atomic mass is 32.2. The number of carbonyl (C=O) groups is 3. The molecule has 1 heterocycles. The zero-order chi connectivity index (χ0) is 17.3. The minimum atomic E-state index is -3.06. The van der Waals surface area contributed by atoms with E-state index < -0.39 is 34.4 Å². The molecule has 1 aliphatic heterocycles. The Morgan fingerprint density at radius 2 is 1.79 bits per heavy atom. The summed E-state index contributed by atoms with van der Waals surface area (Å²) in [5.74, 6) is -0.966. The molecule has 0 aromatic carbocycles. The van der Waals surface area contributed by atoms with Crippen molar-refractivity contribution in [2.24, 2.45) is 17.8 Å². The maximum absolute atomic E-state index is 12.2. The zero-order valence-corrected chi connectivity index (χ0v) is 14.3. The Morgan fingerprint density at radius 1 is 1.12 bits per heavy atom. The minimum Gasteiger partial charge on any atom is -0.455 e. The van der Waals surface area contributed by atoms with Crippen molar-refractivity contribution in [1.82, 2.24) is 5.32 Å². The number of nitrogens with one attached hydrogen (secondary N) is 1. The molecule has 0 aromatic heterocycles. The van der Waals surface area contributed by atoms with Gasteiger partial charge in [0.1, 0.15) is 5.78 Å². The first-order valence-corrected chi connectivity index (χ1v) is 10.4. The highest BCUT2D eigenvalue weighted by molar-refractivity contribution is 7.91. The molecule has 8 heteroatoms. The van der Waals surface area contributed by atoms with Gasteiger partial charge in [0.05, 0.1) is 17.4 Å². The van der Waals surface area contributed by atoms with Crippen LogP contribution >= 0.6 is 0 Å². The Balaban J connectivity index is 1.44. The number of amides is 1. The van der Waals surface area contributed by atoms with Crippen LogP contribution in [-0.2, 0) is 29.0 Å². The van der Waals surface area contributed by atoms with Gasteiger partial charge >= 0.3 is 5.97 Å². The van der Waals surface area contributed by atoms with Crippen LogP contribution in [0.1, 0.15) is 38.5 Å². The summed E-state index contributed by atoms with van der Waals surface area (Å²) < 4.78 is 27.8. The normalized spacial score (nSPS) is 34.6. The number of hydrogen-bond acceptors (Lipinski definition) is 6. The first kappa shape index (κ1) is 17.4. The van der Waals surface area contributed by atoms with E-state index >= 15 is 0 Å². The van der Waals surface area contributed by atoms with E-state index in [2.05, 4.69) is 5.32 Å². The Hall–Kier alpha value is -1.44. The topological polar surface area (TPSA) is 107 Å². The number of ketones is 1. The molecule has 3 aliphatic rings. The van der Waals surface area contributed by atoms with Crippen molar-refractivity contribution >= 4 is 27.5 Å². The van der Waals surface area contributed by atoms with E-state index in [-0.39, 0.29) is 35.0 Å². The van der Waals surface area contributed by atoms with Gasteiger partial charge in [0.2, 0.25) is 0 Å². The Kier molecular flexibility index (Phi) is 4.94. The fraction of sp³-hybridized carbons (Fsp3) is 0.812. The fourth-order valence-electron chi connectivity index (χ4n) is 4.10. The van der Waals surface area contributed by atoms with E-state index in [1.807, 2.05) is 0 Å². The van der Waals surface area contributed by atoms with Crippen molar-refractivity contribution in [2.75, 3.05) is 18.1 Å². The monoisotopic (exact) mass is 357 g/mol. The average molecular weight is 357 g/mol. The number of Topliss-reactive ketones (excluding diaryl/α,β-unsaturated/α-hetero) is 1. The van der Waals surface area contributed by atoms with Crippen molar-refractivity contribution in [2.45, 2.75) is 44.6 Å². The third-order valence-corrected chi connectivity index (χ3v) is 7.09. The van der Waals surface area contributed by atoms with Crippen molar-refractivity contribution in [3.8, 4) is 0 Å². The minimum absolute atomic E-state index is 0.0347. The van der Waals surface area contributed by atoms with E-state index in [0.717, 1.165) is 19.3 Å². The molecule has 3 fully saturated rings. The van der Waals surface area contributed by atoms with Gasteiger partial charge in [0.25, 0.3) is 5.91 Å². The van der Waals surface area contributed by atoms with Gasteiger partial charge in [-0.1, -0.05) is 6.42 Å². The summed E-state index contributed by atoms with van der Waals surface area (Å²) in [5, 5.41) is 2.59. The van der Waals surface area contributed by atoms with E-state index in [9.17, 15) is 22.8 Å². The molecule has 134 valence electrons. The molecule has 1 amide bonds. The third-order valence-electron chi connectivity index (χ3n) is 5.32. The summed E-state index contributed by atoms with van der Waals surface area (Å²) >= 11 is 0. The number of ether oxygens (including phenoxy) is 1. The number of sulfone groups is 1. The summed E-state index contributed by atoms with van der Waals surface area (Å²) in [6, 6.07) is -0.395. The zero-order valence-electron chi connectivity index (χ0n) is 13.5. The molecule has 1 saturated heterocycles. The first-order chi connectivity index (χ1) is 11.3. The van der Waals surface area contributed by atoms with Gasteiger partial charge < -0.3 is 10.1 Å². The Morgan fingerprint density at radius 3 is 2.38 bits per heavy atom. The third kappa shape index (κ3) is 3.96. The second-order valence-corrected chi connectivity index (χ2v) is 9.40. The van der Waals surface area contributed by atoms with Gasteiger partial charge in [-0.3, -0.25) is 14.4 Å². The lowest BCUT2D eigenvalue weighted by Crippen LogP contribution is -2.41. The second kappa shape index (κ2) is 6.82. The van der Waals surface area contributed by atoms with E-state index in [1.54, 1.807) is 0 Å². The van der Waals surface area contributed by atoms with Crippen LogP contribution in [0.25, 0.3) is 0 Å². The highest BCUT2D eigenvalue weighted by Crippen LogP contribution is 2.40. The molecule has 24 heavy (non-hydrogen) atoms. The molecule has 0 spiro atoms. The molecule has 2 aliphatic carbocycles. The van der Waals surface area contributed by atoms with Crippen LogP contribution in [0.15, 0.2) is 0 Å². The molecule has 2 bridgehead atoms. The van der Waals surface area contributed by atoms with Crippen molar-refractivity contribution in [3.05, 3.63) is 0 Å². The van der Waals surface area contributed by atoms with Crippen LogP contribution in [0.2, 0.25) is 0 Å². The van der Waals surface area contributed by atoms with E-state index in [4.69, 9.17) is 4.74 Å². The van der Waals surface area contributed by atoms with Crippen LogP contribution < -0.4 is 5.32 Å². The molecule has 1 N–H and O–H groups in total. The molecule has 0 aromatic rings. The number of esters is 1. The fourth-order valence-corrected chi connectivity index (χ4v) is 5.78. The standard InChI is InChI=1S/C16H23NO6S/c18-14(17-13-4-5-24(21,22)9-13)8-23-16(20)12-6-10-2-1-3-11(7-12)15(10)19/h10-13H,1-9H2,(H,17,18)/t10-,11-,13-/m1/s1. The summed E-state index contributed by atoms with van der Waals surface area (Å²) in [4.78, 5) is 36.0. The Labute approximate surface area is 141 Å². The van der Waals surface area contributed by atoms with Gasteiger partial charge in [0.15, 0.2) is 16.4 Å². The SMILES string of the molecule is O=C(COC(=O)C1C[C@H]2CCC[C@H](C1)C2=O)N[C@@H]1CCS(=O)(=O)C1. The number of fused-ring (bicyclic) bond motifs is 2. The summed E-state index contributed by atoms with van der Waals surface area (Å²) in [7, 11) is -3.06. The number of hydrogen-bond donors (Lipinski definition) is 1. The van der Waals surface area contributed by atoms with E-state index in [1.165, 1.54) is 0 Å². The molecule has 0 radical (unpaired) electrons. The summed E-state index contributed by atoms with van der Waals surface area (Å²) in [6.07, 6.45) is 4.17. The average Bonchev–Trinajstić information content (AvgIpc) is 2.83. The first-order valence-electron chi connectivity index (χ1n) is 8.54. The van der Waals surface area contributed by atoms with Crippen LogP contribution in [0.5, 0.6) is 0 Å². The lowest BCUT2D eigenvalue weighted by atomic mass is 9.67. The van der Waals surface area contributed by atoms with Crippen molar-refractivity contribution in [1.29, 1.82) is 0 Å². The van der Waals surface area contributed by atoms with Crippen LogP contribution in [0, 0.1) is 17.8 Å². The molecule has 3 atom stereocenters. The van der Waals surface area contributed by atoms with Gasteiger partial charge in [-0.15, -0.1) is 0 Å². The maximum Gasteiger partial charge on any atom is 0.309 e. The molecule has 3 rings (SSSR count). The number of carbonyl (C=O) groups excluding carboxylic acids is 3. The van der Waals surface area contributed by atoms with Crippen LogP contribution in [0.3, 0.4) is 0 Å². The molecule has 0 unspecified atom stereocenters. The lowest BCUT2D eigenvalue weighted by Gasteiger charge is -2.36. The lowest BCUT2D eigenvalue weighted by molar-refractivity contribution is -0.156. The predicted octanol–water partition coefficient (Wildman–Crippen LogP) is 0.228. The Bertz CT molecular complexity index is 627. The molecule has 2 saturated carbocycles. The summed E-state index contributed by atoms with van der Waals surface area (Å²) in [5.41, 5.74) is 0. The van der Waals surface area contributed by atoms with Crippen molar-refractivity contribution < 1.29 is 27.5 Å². The van der Waals surface area contributed by atoms with Gasteiger partial charge in [-0.05, 0) is 32.1 Å². The second-order valence-electron chi connectivity index (χ2n) is 7.17. The predicted molar refractivity (Wildman–Crippen MR) is 84.7 cm³/mol. The van der Waals surface area contributed by atoms with Crippen LogP contribution in [-0.4, -0.2) is 50.2 Å². The largest absolute Gasteiger partial charge is 0.455 e. The van der Waals surface area contributed by atoms with Gasteiger partial charge in [-0.25, -0.2) is 8.42 Å². The maximum atomic E-state index is 12.2. The van der Waals surface area contributed by atoms with Gasteiger partial charge in [0, 0.05) is 17.9 Å². The van der Waals surface area contributed by atoms with Crippen molar-refractivity contribution in [3.63, 3.8) is 0 Å². The highest BCUT2D eigenvalue weighted by Gasteiger charge is 2.42. The quantitative estimate of drug-likeness (QED) is 0.722. The smallest absolute Gasteiger partial charge is 0.309 e. The summed E-state index contributed by atoms with van der Waals surface area (Å²) in [6.45, 7) is -0.394. The number of rotatable bonds is 4. The molecular weight excluding hydrogens is 334 g/mol. The van der Waals surface area contributed by atoms with Crippen LogP contribution in [0.4, 0.5) is 0 Å². The molecule has 7 nitrogen and oxygen atoms in total.